The highest BCUT2D eigenvalue weighted by Gasteiger charge is 2.27. The Kier molecular flexibility index (Phi) is 11.7. The first kappa shape index (κ1) is 29.9. The SMILES string of the molecule is CC(C)(c1cc(Br)c(O)c(Br)c1)c1cc(Br)c(OS(=O)(=O)O)c(Br)c1.CCN(CC)CC. The number of benzene rings is 2. The zero-order valence-corrected chi connectivity index (χ0v) is 25.6. The molecule has 11 heteroatoms. The molecule has 0 atom stereocenters. The molecule has 0 spiro atoms. The molecule has 0 bridgehead atoms. The highest BCUT2D eigenvalue weighted by Crippen LogP contribution is 2.43. The number of rotatable bonds is 7. The van der Waals surface area contributed by atoms with Gasteiger partial charge in [0.05, 0.1) is 17.9 Å². The summed E-state index contributed by atoms with van der Waals surface area (Å²) in [6.45, 7) is 14.1. The predicted molar refractivity (Wildman–Crippen MR) is 143 cm³/mol. The second-order valence-electron chi connectivity index (χ2n) is 7.31. The summed E-state index contributed by atoms with van der Waals surface area (Å²) in [6.07, 6.45) is 0. The highest BCUT2D eigenvalue weighted by molar-refractivity contribution is 9.11. The van der Waals surface area contributed by atoms with Gasteiger partial charge in [0.15, 0.2) is 5.75 Å². The molecule has 2 aromatic rings. The van der Waals surface area contributed by atoms with Crippen molar-refractivity contribution in [2.24, 2.45) is 0 Å². The molecule has 0 aromatic heterocycles. The van der Waals surface area contributed by atoms with Crippen molar-refractivity contribution >= 4 is 74.1 Å². The van der Waals surface area contributed by atoms with Crippen molar-refractivity contribution in [1.82, 2.24) is 4.90 Å². The molecule has 0 aliphatic carbocycles. The molecular formula is C21H27Br4NO5S. The fraction of sp³-hybridized carbons (Fsp3) is 0.429. The van der Waals surface area contributed by atoms with Crippen LogP contribution in [-0.2, 0) is 15.8 Å². The van der Waals surface area contributed by atoms with E-state index in [4.69, 9.17) is 4.55 Å². The van der Waals surface area contributed by atoms with Crippen molar-refractivity contribution in [2.45, 2.75) is 40.0 Å². The van der Waals surface area contributed by atoms with Crippen molar-refractivity contribution in [3.05, 3.63) is 53.3 Å². The maximum atomic E-state index is 11.0. The van der Waals surface area contributed by atoms with E-state index in [1.807, 2.05) is 26.0 Å². The van der Waals surface area contributed by atoms with Crippen molar-refractivity contribution in [2.75, 3.05) is 19.6 Å². The number of aromatic hydroxyl groups is 1. The van der Waals surface area contributed by atoms with Gasteiger partial charge in [-0.1, -0.05) is 34.6 Å². The van der Waals surface area contributed by atoms with Crippen LogP contribution in [0.5, 0.6) is 11.5 Å². The maximum absolute atomic E-state index is 11.0. The van der Waals surface area contributed by atoms with Crippen LogP contribution in [0.1, 0.15) is 45.7 Å². The van der Waals surface area contributed by atoms with Crippen LogP contribution in [0.25, 0.3) is 0 Å². The smallest absolute Gasteiger partial charge is 0.446 e. The molecule has 0 saturated carbocycles. The van der Waals surface area contributed by atoms with Crippen molar-refractivity contribution < 1.29 is 22.3 Å². The fourth-order valence-electron chi connectivity index (χ4n) is 2.87. The van der Waals surface area contributed by atoms with E-state index in [1.54, 1.807) is 12.1 Å². The zero-order valence-electron chi connectivity index (χ0n) is 18.4. The van der Waals surface area contributed by atoms with E-state index >= 15 is 0 Å². The van der Waals surface area contributed by atoms with Crippen molar-refractivity contribution in [3.63, 3.8) is 0 Å². The summed E-state index contributed by atoms with van der Waals surface area (Å²) in [6, 6.07) is 7.04. The van der Waals surface area contributed by atoms with Gasteiger partial charge in [0.25, 0.3) is 0 Å². The Hall–Kier alpha value is -0.170. The molecular weight excluding hydrogens is 698 g/mol. The number of nitrogens with zero attached hydrogens (tertiary/aromatic N) is 1. The highest BCUT2D eigenvalue weighted by atomic mass is 79.9. The third kappa shape index (κ3) is 8.25. The Balaban J connectivity index is 0.000000633. The third-order valence-corrected chi connectivity index (χ3v) is 7.75. The van der Waals surface area contributed by atoms with Crippen molar-refractivity contribution in [3.8, 4) is 11.5 Å². The van der Waals surface area contributed by atoms with Gasteiger partial charge >= 0.3 is 10.4 Å². The number of hydrogen-bond donors (Lipinski definition) is 2. The van der Waals surface area contributed by atoms with E-state index < -0.39 is 15.8 Å². The van der Waals surface area contributed by atoms with Gasteiger partial charge in [-0.3, -0.25) is 4.55 Å². The van der Waals surface area contributed by atoms with E-state index in [2.05, 4.69) is 93.6 Å². The lowest BCUT2D eigenvalue weighted by atomic mass is 9.78. The molecule has 0 heterocycles. The molecule has 0 radical (unpaired) electrons. The van der Waals surface area contributed by atoms with Crippen LogP contribution in [-0.4, -0.2) is 42.6 Å². The van der Waals surface area contributed by atoms with Gasteiger partial charge in [-0.25, -0.2) is 0 Å². The van der Waals surface area contributed by atoms with E-state index in [0.717, 1.165) is 11.1 Å². The van der Waals surface area contributed by atoms with Crippen LogP contribution >= 0.6 is 63.7 Å². The molecule has 0 fully saturated rings. The molecule has 2 N–H and O–H groups in total. The fourth-order valence-corrected chi connectivity index (χ4v) is 6.01. The van der Waals surface area contributed by atoms with Crippen LogP contribution in [0, 0.1) is 0 Å². The summed E-state index contributed by atoms with van der Waals surface area (Å²) in [4.78, 5) is 2.38. The molecule has 0 aliphatic rings. The average Bonchev–Trinajstić information content (AvgIpc) is 2.69. The molecule has 180 valence electrons. The molecule has 0 aliphatic heterocycles. The number of phenolic OH excluding ortho intramolecular Hbond substituents is 1. The quantitative estimate of drug-likeness (QED) is 0.292. The number of phenols is 1. The van der Waals surface area contributed by atoms with Crippen LogP contribution in [0.4, 0.5) is 0 Å². The first-order chi connectivity index (χ1) is 14.7. The van der Waals surface area contributed by atoms with E-state index in [1.165, 1.54) is 19.6 Å². The molecule has 32 heavy (non-hydrogen) atoms. The molecule has 0 saturated heterocycles. The molecule has 0 amide bonds. The number of halogens is 4. The lowest BCUT2D eigenvalue weighted by molar-refractivity contribution is 0.321. The van der Waals surface area contributed by atoms with E-state index in [9.17, 15) is 13.5 Å². The van der Waals surface area contributed by atoms with Crippen LogP contribution < -0.4 is 4.18 Å². The molecule has 2 rings (SSSR count). The minimum Gasteiger partial charge on any atom is -0.506 e. The van der Waals surface area contributed by atoms with Gasteiger partial charge < -0.3 is 14.2 Å². The van der Waals surface area contributed by atoms with Crippen molar-refractivity contribution in [1.29, 1.82) is 0 Å². The summed E-state index contributed by atoms with van der Waals surface area (Å²) in [5, 5.41) is 9.89. The monoisotopic (exact) mass is 721 g/mol. The summed E-state index contributed by atoms with van der Waals surface area (Å²) in [7, 11) is -4.64. The lowest BCUT2D eigenvalue weighted by Gasteiger charge is -2.28. The molecule has 0 unspecified atom stereocenters. The van der Waals surface area contributed by atoms with E-state index in [-0.39, 0.29) is 11.5 Å². The van der Waals surface area contributed by atoms with Gasteiger partial charge in [-0.15, -0.1) is 0 Å². The summed E-state index contributed by atoms with van der Waals surface area (Å²) >= 11 is 13.2. The van der Waals surface area contributed by atoms with Gasteiger partial charge in [-0.05, 0) is 119 Å². The Labute approximate surface area is 224 Å². The lowest BCUT2D eigenvalue weighted by Crippen LogP contribution is -2.21. The summed E-state index contributed by atoms with van der Waals surface area (Å²) in [5.41, 5.74) is 1.27. The molecule has 2 aromatic carbocycles. The second-order valence-corrected chi connectivity index (χ2v) is 11.8. The minimum absolute atomic E-state index is 0.0462. The van der Waals surface area contributed by atoms with Gasteiger partial charge in [0, 0.05) is 5.41 Å². The largest absolute Gasteiger partial charge is 0.506 e. The van der Waals surface area contributed by atoms with Crippen LogP contribution in [0.15, 0.2) is 42.2 Å². The van der Waals surface area contributed by atoms with Gasteiger partial charge in [0.2, 0.25) is 0 Å². The minimum atomic E-state index is -4.64. The Morgan fingerprint density at radius 3 is 1.47 bits per heavy atom. The normalized spacial score (nSPS) is 11.8. The average molecular weight is 725 g/mol. The number of hydrogen-bond acceptors (Lipinski definition) is 5. The van der Waals surface area contributed by atoms with E-state index in [0.29, 0.717) is 17.9 Å². The maximum Gasteiger partial charge on any atom is 0.446 e. The second kappa shape index (κ2) is 12.5. The molecule has 6 nitrogen and oxygen atoms in total. The van der Waals surface area contributed by atoms with Gasteiger partial charge in [0.1, 0.15) is 5.75 Å². The van der Waals surface area contributed by atoms with Crippen LogP contribution in [0.3, 0.4) is 0 Å². The Bertz CT molecular complexity index is 989. The first-order valence-electron chi connectivity index (χ1n) is 9.75. The Morgan fingerprint density at radius 2 is 1.19 bits per heavy atom. The predicted octanol–water partition coefficient (Wildman–Crippen LogP) is 7.30. The zero-order chi connectivity index (χ0) is 24.9. The third-order valence-electron chi connectivity index (χ3n) is 4.99. The standard InChI is InChI=1S/C15H12Br4O5S.C6H15N/c1-15(2,7-3-9(16)13(20)10(17)4-7)8-5-11(18)14(12(19)6-8)24-25(21,22)23;1-4-7(5-2)6-3/h3-6,20H,1-2H3,(H,21,22,23);4-6H2,1-3H3. The first-order valence-corrected chi connectivity index (χ1v) is 14.3. The van der Waals surface area contributed by atoms with Crippen LogP contribution in [0.2, 0.25) is 0 Å². The summed E-state index contributed by atoms with van der Waals surface area (Å²) < 4.78 is 37.2. The van der Waals surface area contributed by atoms with Gasteiger partial charge in [-0.2, -0.15) is 8.42 Å². The summed E-state index contributed by atoms with van der Waals surface area (Å²) in [5.74, 6) is 0.0638. The topological polar surface area (TPSA) is 87.1 Å². The Morgan fingerprint density at radius 1 is 0.844 bits per heavy atom.